The Morgan fingerprint density at radius 2 is 1.95 bits per heavy atom. The number of carbonyl (C=O) groups excluding carboxylic acids is 1. The van der Waals surface area contributed by atoms with Crippen LogP contribution in [-0.2, 0) is 16.0 Å². The lowest BCUT2D eigenvalue weighted by Gasteiger charge is -2.29. The Labute approximate surface area is 146 Å². The molecule has 1 aromatic carbocycles. The van der Waals surface area contributed by atoms with Crippen LogP contribution in [0.5, 0.6) is 0 Å². The molecular weight excluding hydrogens is 368 g/mol. The van der Waals surface area contributed by atoms with Gasteiger partial charge in [-0.25, -0.2) is 0 Å². The molecular formula is C16H24BrClN2O2. The molecule has 0 aromatic heterocycles. The summed E-state index contributed by atoms with van der Waals surface area (Å²) in [4.78, 5) is 14.1. The fraction of sp³-hybridized carbons (Fsp3) is 0.562. The number of amides is 1. The molecule has 1 amide bonds. The van der Waals surface area contributed by atoms with Crippen molar-refractivity contribution in [1.82, 2.24) is 4.90 Å². The van der Waals surface area contributed by atoms with E-state index in [1.165, 1.54) is 5.56 Å². The Morgan fingerprint density at radius 1 is 1.36 bits per heavy atom. The Bertz CT molecular complexity index is 464. The number of rotatable bonds is 5. The maximum Gasteiger partial charge on any atom is 0.239 e. The van der Waals surface area contributed by atoms with Crippen molar-refractivity contribution in [1.29, 1.82) is 0 Å². The standard InChI is InChI=1S/C16H23BrN2O2.ClH/c1-19(9-6-12-2-4-14(17)5-3-12)16(20)15(18)13-7-10-21-11-8-13;/h2-5,13,15H,6-11,18H2,1H3;1H. The van der Waals surface area contributed by atoms with Crippen LogP contribution in [0.4, 0.5) is 0 Å². The molecule has 0 saturated carbocycles. The second kappa shape index (κ2) is 9.50. The summed E-state index contributed by atoms with van der Waals surface area (Å²) in [5.41, 5.74) is 7.35. The van der Waals surface area contributed by atoms with Gasteiger partial charge in [-0.05, 0) is 42.9 Å². The summed E-state index contributed by atoms with van der Waals surface area (Å²) in [6, 6.07) is 7.78. The van der Waals surface area contributed by atoms with Gasteiger partial charge in [-0.2, -0.15) is 0 Å². The van der Waals surface area contributed by atoms with E-state index in [0.29, 0.717) is 19.8 Å². The van der Waals surface area contributed by atoms with E-state index >= 15 is 0 Å². The van der Waals surface area contributed by atoms with Gasteiger partial charge in [0.15, 0.2) is 0 Å². The highest BCUT2D eigenvalue weighted by molar-refractivity contribution is 9.10. The zero-order valence-electron chi connectivity index (χ0n) is 12.8. The van der Waals surface area contributed by atoms with Gasteiger partial charge in [0.2, 0.25) is 5.91 Å². The van der Waals surface area contributed by atoms with Gasteiger partial charge in [-0.1, -0.05) is 28.1 Å². The molecule has 2 rings (SSSR count). The fourth-order valence-electron chi connectivity index (χ4n) is 2.59. The molecule has 1 atom stereocenters. The Kier molecular flexibility index (Phi) is 8.39. The average molecular weight is 392 g/mol. The summed E-state index contributed by atoms with van der Waals surface area (Å²) in [6.45, 7) is 2.12. The highest BCUT2D eigenvalue weighted by atomic mass is 79.9. The van der Waals surface area contributed by atoms with Gasteiger partial charge >= 0.3 is 0 Å². The van der Waals surface area contributed by atoms with E-state index in [2.05, 4.69) is 28.1 Å². The maximum absolute atomic E-state index is 12.4. The van der Waals surface area contributed by atoms with E-state index in [1.807, 2.05) is 19.2 Å². The molecule has 22 heavy (non-hydrogen) atoms. The van der Waals surface area contributed by atoms with Crippen molar-refractivity contribution in [3.05, 3.63) is 34.3 Å². The minimum Gasteiger partial charge on any atom is -0.381 e. The summed E-state index contributed by atoms with van der Waals surface area (Å²) in [6.07, 6.45) is 2.61. The minimum atomic E-state index is -0.399. The first-order chi connectivity index (χ1) is 10.1. The van der Waals surface area contributed by atoms with Crippen LogP contribution >= 0.6 is 28.3 Å². The molecule has 6 heteroatoms. The van der Waals surface area contributed by atoms with Gasteiger partial charge in [-0.3, -0.25) is 4.79 Å². The van der Waals surface area contributed by atoms with Crippen LogP contribution in [0.3, 0.4) is 0 Å². The molecule has 0 bridgehead atoms. The molecule has 1 unspecified atom stereocenters. The first-order valence-electron chi connectivity index (χ1n) is 7.40. The number of hydrogen-bond acceptors (Lipinski definition) is 3. The van der Waals surface area contributed by atoms with Gasteiger partial charge in [0.1, 0.15) is 0 Å². The Balaban J connectivity index is 0.00000242. The quantitative estimate of drug-likeness (QED) is 0.839. The summed E-state index contributed by atoms with van der Waals surface area (Å²) < 4.78 is 6.39. The normalized spacial score (nSPS) is 16.7. The van der Waals surface area contributed by atoms with Crippen molar-refractivity contribution in [2.75, 3.05) is 26.8 Å². The molecule has 1 aliphatic heterocycles. The van der Waals surface area contributed by atoms with Crippen molar-refractivity contribution in [3.8, 4) is 0 Å². The highest BCUT2D eigenvalue weighted by Gasteiger charge is 2.28. The van der Waals surface area contributed by atoms with Crippen molar-refractivity contribution in [2.45, 2.75) is 25.3 Å². The minimum absolute atomic E-state index is 0. The largest absolute Gasteiger partial charge is 0.381 e. The van der Waals surface area contributed by atoms with E-state index in [9.17, 15) is 4.79 Å². The molecule has 1 aromatic rings. The van der Waals surface area contributed by atoms with Crippen molar-refractivity contribution in [3.63, 3.8) is 0 Å². The van der Waals surface area contributed by atoms with Crippen molar-refractivity contribution >= 4 is 34.2 Å². The molecule has 124 valence electrons. The average Bonchev–Trinajstić information content (AvgIpc) is 2.53. The lowest BCUT2D eigenvalue weighted by Crippen LogP contribution is -2.48. The first-order valence-corrected chi connectivity index (χ1v) is 8.20. The predicted octanol–water partition coefficient (Wildman–Crippen LogP) is 2.63. The number of halogens is 2. The number of likely N-dealkylation sites (N-methyl/N-ethyl adjacent to an activating group) is 1. The molecule has 1 heterocycles. The molecule has 1 aliphatic rings. The zero-order chi connectivity index (χ0) is 15.2. The van der Waals surface area contributed by atoms with E-state index in [0.717, 1.165) is 23.7 Å². The van der Waals surface area contributed by atoms with Crippen molar-refractivity contribution < 1.29 is 9.53 Å². The van der Waals surface area contributed by atoms with E-state index in [-0.39, 0.29) is 24.2 Å². The summed E-state index contributed by atoms with van der Waals surface area (Å²) in [7, 11) is 1.83. The summed E-state index contributed by atoms with van der Waals surface area (Å²) in [5.74, 6) is 0.292. The molecule has 2 N–H and O–H groups in total. The number of benzene rings is 1. The molecule has 0 radical (unpaired) electrons. The number of hydrogen-bond donors (Lipinski definition) is 1. The summed E-state index contributed by atoms with van der Waals surface area (Å²) in [5, 5.41) is 0. The molecule has 1 saturated heterocycles. The highest BCUT2D eigenvalue weighted by Crippen LogP contribution is 2.19. The van der Waals surface area contributed by atoms with E-state index < -0.39 is 6.04 Å². The molecule has 0 spiro atoms. The van der Waals surface area contributed by atoms with E-state index in [4.69, 9.17) is 10.5 Å². The smallest absolute Gasteiger partial charge is 0.239 e. The van der Waals surface area contributed by atoms with Crippen LogP contribution in [0.15, 0.2) is 28.7 Å². The monoisotopic (exact) mass is 390 g/mol. The Morgan fingerprint density at radius 3 is 2.55 bits per heavy atom. The second-order valence-corrected chi connectivity index (χ2v) is 6.53. The number of carbonyl (C=O) groups is 1. The van der Waals surface area contributed by atoms with Crippen LogP contribution in [0.25, 0.3) is 0 Å². The van der Waals surface area contributed by atoms with Crippen LogP contribution in [-0.4, -0.2) is 43.7 Å². The SMILES string of the molecule is CN(CCc1ccc(Br)cc1)C(=O)C(N)C1CCOCC1.Cl. The predicted molar refractivity (Wildman–Crippen MR) is 94.2 cm³/mol. The van der Waals surface area contributed by atoms with Gasteiger partial charge in [-0.15, -0.1) is 12.4 Å². The lowest BCUT2D eigenvalue weighted by atomic mass is 9.91. The number of nitrogens with zero attached hydrogens (tertiary/aromatic N) is 1. The zero-order valence-corrected chi connectivity index (χ0v) is 15.2. The molecule has 0 aliphatic carbocycles. The first kappa shape index (κ1) is 19.4. The third kappa shape index (κ3) is 5.54. The van der Waals surface area contributed by atoms with E-state index in [1.54, 1.807) is 4.90 Å². The van der Waals surface area contributed by atoms with Crippen LogP contribution in [0.2, 0.25) is 0 Å². The second-order valence-electron chi connectivity index (χ2n) is 5.61. The summed E-state index contributed by atoms with van der Waals surface area (Å²) >= 11 is 3.42. The lowest BCUT2D eigenvalue weighted by molar-refractivity contribution is -0.133. The Hall–Kier alpha value is -0.620. The van der Waals surface area contributed by atoms with Gasteiger partial charge in [0.25, 0.3) is 0 Å². The number of ether oxygens (including phenoxy) is 1. The van der Waals surface area contributed by atoms with Crippen LogP contribution < -0.4 is 5.73 Å². The topological polar surface area (TPSA) is 55.6 Å². The van der Waals surface area contributed by atoms with Gasteiger partial charge in [0.05, 0.1) is 6.04 Å². The van der Waals surface area contributed by atoms with Gasteiger partial charge in [0, 0.05) is 31.3 Å². The van der Waals surface area contributed by atoms with Crippen LogP contribution in [0.1, 0.15) is 18.4 Å². The molecule has 1 fully saturated rings. The van der Waals surface area contributed by atoms with Gasteiger partial charge < -0.3 is 15.4 Å². The third-order valence-corrected chi connectivity index (χ3v) is 4.61. The van der Waals surface area contributed by atoms with Crippen molar-refractivity contribution in [2.24, 2.45) is 11.7 Å². The fourth-order valence-corrected chi connectivity index (χ4v) is 2.85. The van der Waals surface area contributed by atoms with Crippen LogP contribution in [0, 0.1) is 5.92 Å². The third-order valence-electron chi connectivity index (χ3n) is 4.08. The molecule has 4 nitrogen and oxygen atoms in total. The maximum atomic E-state index is 12.4. The number of nitrogens with two attached hydrogens (primary N) is 1.